The van der Waals surface area contributed by atoms with E-state index in [1.807, 2.05) is 4.90 Å². The summed E-state index contributed by atoms with van der Waals surface area (Å²) in [6.45, 7) is 7.02. The van der Waals surface area contributed by atoms with Crippen LogP contribution in [-0.2, 0) is 4.79 Å². The van der Waals surface area contributed by atoms with Crippen LogP contribution in [0.1, 0.15) is 25.7 Å². The lowest BCUT2D eigenvalue weighted by Gasteiger charge is -2.30. The molecule has 1 N–H and O–H groups in total. The van der Waals surface area contributed by atoms with Crippen molar-refractivity contribution < 1.29 is 4.79 Å². The highest BCUT2D eigenvalue weighted by atomic mass is 16.2. The van der Waals surface area contributed by atoms with Crippen molar-refractivity contribution in [2.75, 3.05) is 45.8 Å². The number of hydrogen-bond acceptors (Lipinski definition) is 3. The highest BCUT2D eigenvalue weighted by Gasteiger charge is 2.17. The average molecular weight is 225 g/mol. The van der Waals surface area contributed by atoms with Gasteiger partial charge in [0, 0.05) is 39.1 Å². The lowest BCUT2D eigenvalue weighted by molar-refractivity contribution is -0.132. The first kappa shape index (κ1) is 11.9. The van der Waals surface area contributed by atoms with Crippen LogP contribution in [0.4, 0.5) is 0 Å². The van der Waals surface area contributed by atoms with Gasteiger partial charge in [0.05, 0.1) is 0 Å². The number of amides is 1. The van der Waals surface area contributed by atoms with Gasteiger partial charge in [0.15, 0.2) is 0 Å². The molecule has 4 heteroatoms. The second kappa shape index (κ2) is 6.21. The van der Waals surface area contributed by atoms with E-state index in [1.165, 1.54) is 32.4 Å². The van der Waals surface area contributed by atoms with Crippen LogP contribution in [0.25, 0.3) is 0 Å². The van der Waals surface area contributed by atoms with Crippen LogP contribution in [0, 0.1) is 0 Å². The van der Waals surface area contributed by atoms with Crippen LogP contribution in [-0.4, -0.2) is 61.5 Å². The van der Waals surface area contributed by atoms with Crippen molar-refractivity contribution in [2.45, 2.75) is 25.7 Å². The van der Waals surface area contributed by atoms with Crippen LogP contribution < -0.4 is 5.32 Å². The van der Waals surface area contributed by atoms with Crippen molar-refractivity contribution in [3.05, 3.63) is 0 Å². The summed E-state index contributed by atoms with van der Waals surface area (Å²) in [5.41, 5.74) is 0. The van der Waals surface area contributed by atoms with Gasteiger partial charge in [0.2, 0.25) is 5.91 Å². The molecule has 0 aromatic carbocycles. The quantitative estimate of drug-likeness (QED) is 0.750. The second-order valence-corrected chi connectivity index (χ2v) is 4.78. The third-order valence-corrected chi connectivity index (χ3v) is 3.56. The summed E-state index contributed by atoms with van der Waals surface area (Å²) in [6.07, 6.45) is 4.69. The number of piperazine rings is 1. The zero-order chi connectivity index (χ0) is 11.2. The molecule has 16 heavy (non-hydrogen) atoms. The molecule has 2 fully saturated rings. The minimum atomic E-state index is 0.340. The Morgan fingerprint density at radius 2 is 1.69 bits per heavy atom. The number of hydrogen-bond donors (Lipinski definition) is 1. The lowest BCUT2D eigenvalue weighted by atomic mass is 10.1. The van der Waals surface area contributed by atoms with Gasteiger partial charge < -0.3 is 15.1 Å². The van der Waals surface area contributed by atoms with Crippen LogP contribution in [0.15, 0.2) is 0 Å². The minimum absolute atomic E-state index is 0.340. The van der Waals surface area contributed by atoms with Crippen molar-refractivity contribution in [1.29, 1.82) is 0 Å². The maximum atomic E-state index is 11.9. The summed E-state index contributed by atoms with van der Waals surface area (Å²) in [4.78, 5) is 16.3. The van der Waals surface area contributed by atoms with E-state index in [1.54, 1.807) is 0 Å². The van der Waals surface area contributed by atoms with Crippen molar-refractivity contribution >= 4 is 5.91 Å². The molecular formula is C12H23N3O. The number of carbonyl (C=O) groups is 1. The van der Waals surface area contributed by atoms with Crippen molar-refractivity contribution in [2.24, 2.45) is 0 Å². The zero-order valence-electron chi connectivity index (χ0n) is 10.1. The van der Waals surface area contributed by atoms with E-state index in [-0.39, 0.29) is 0 Å². The molecule has 2 aliphatic heterocycles. The summed E-state index contributed by atoms with van der Waals surface area (Å²) in [7, 11) is 0. The lowest BCUT2D eigenvalue weighted by Crippen LogP contribution is -2.47. The van der Waals surface area contributed by atoms with Crippen LogP contribution >= 0.6 is 0 Å². The van der Waals surface area contributed by atoms with Gasteiger partial charge >= 0.3 is 0 Å². The number of carbonyl (C=O) groups excluding carboxylic acids is 1. The Labute approximate surface area is 98.0 Å². The normalized spacial score (nSPS) is 23.4. The third-order valence-electron chi connectivity index (χ3n) is 3.56. The van der Waals surface area contributed by atoms with Gasteiger partial charge in [0.1, 0.15) is 0 Å². The molecule has 2 aliphatic rings. The van der Waals surface area contributed by atoms with E-state index in [4.69, 9.17) is 0 Å². The molecule has 0 unspecified atom stereocenters. The summed E-state index contributed by atoms with van der Waals surface area (Å²) >= 11 is 0. The van der Waals surface area contributed by atoms with Gasteiger partial charge in [-0.1, -0.05) is 6.42 Å². The molecule has 0 bridgehead atoms. The van der Waals surface area contributed by atoms with E-state index in [0.29, 0.717) is 12.3 Å². The first-order valence-electron chi connectivity index (χ1n) is 6.57. The van der Waals surface area contributed by atoms with E-state index < -0.39 is 0 Å². The van der Waals surface area contributed by atoms with Crippen LogP contribution in [0.2, 0.25) is 0 Å². The molecule has 0 atom stereocenters. The Bertz CT molecular complexity index is 220. The average Bonchev–Trinajstić information content (AvgIpc) is 2.38. The molecule has 0 radical (unpaired) electrons. The number of likely N-dealkylation sites (tertiary alicyclic amines) is 1. The molecular weight excluding hydrogens is 202 g/mol. The van der Waals surface area contributed by atoms with E-state index in [9.17, 15) is 4.79 Å². The Kier molecular flexibility index (Phi) is 4.60. The number of nitrogens with zero attached hydrogens (tertiary/aromatic N) is 2. The Balaban J connectivity index is 1.65. The Morgan fingerprint density at radius 3 is 2.38 bits per heavy atom. The van der Waals surface area contributed by atoms with E-state index in [2.05, 4.69) is 10.2 Å². The zero-order valence-corrected chi connectivity index (χ0v) is 10.1. The minimum Gasteiger partial charge on any atom is -0.340 e. The molecule has 1 amide bonds. The molecule has 4 nitrogen and oxygen atoms in total. The van der Waals surface area contributed by atoms with Gasteiger partial charge in [-0.25, -0.2) is 0 Å². The summed E-state index contributed by atoms with van der Waals surface area (Å²) in [5, 5.41) is 3.27. The van der Waals surface area contributed by atoms with Crippen LogP contribution in [0.3, 0.4) is 0 Å². The Hall–Kier alpha value is -0.610. The third kappa shape index (κ3) is 3.46. The van der Waals surface area contributed by atoms with Crippen molar-refractivity contribution in [1.82, 2.24) is 15.1 Å². The van der Waals surface area contributed by atoms with Crippen molar-refractivity contribution in [3.8, 4) is 0 Å². The number of nitrogens with one attached hydrogen (secondary N) is 1. The van der Waals surface area contributed by atoms with Crippen LogP contribution in [0.5, 0.6) is 0 Å². The van der Waals surface area contributed by atoms with Gasteiger partial charge in [-0.3, -0.25) is 4.79 Å². The van der Waals surface area contributed by atoms with Crippen molar-refractivity contribution in [3.63, 3.8) is 0 Å². The fourth-order valence-electron chi connectivity index (χ4n) is 2.51. The maximum Gasteiger partial charge on any atom is 0.223 e. The molecule has 0 saturated carbocycles. The number of rotatable bonds is 3. The van der Waals surface area contributed by atoms with Gasteiger partial charge in [-0.2, -0.15) is 0 Å². The first-order valence-corrected chi connectivity index (χ1v) is 6.57. The first-order chi connectivity index (χ1) is 7.86. The fraction of sp³-hybridized carbons (Fsp3) is 0.917. The molecule has 2 rings (SSSR count). The molecule has 0 aromatic heterocycles. The molecule has 2 saturated heterocycles. The predicted octanol–water partition coefficient (Wildman–Crippen LogP) is 0.294. The smallest absolute Gasteiger partial charge is 0.223 e. The van der Waals surface area contributed by atoms with Gasteiger partial charge in [-0.05, 0) is 25.9 Å². The monoisotopic (exact) mass is 225 g/mol. The highest BCUT2D eigenvalue weighted by molar-refractivity contribution is 5.76. The number of piperidine rings is 1. The molecule has 0 aromatic rings. The molecule has 0 aliphatic carbocycles. The standard InChI is InChI=1S/C12H23N3O/c16-12(15-10-5-13-6-11-15)4-9-14-7-2-1-3-8-14/h13H,1-11H2. The van der Waals surface area contributed by atoms with E-state index >= 15 is 0 Å². The molecule has 92 valence electrons. The summed E-state index contributed by atoms with van der Waals surface area (Å²) in [5.74, 6) is 0.340. The largest absolute Gasteiger partial charge is 0.340 e. The SMILES string of the molecule is O=C(CCN1CCCCC1)N1CCNCC1. The fourth-order valence-corrected chi connectivity index (χ4v) is 2.51. The Morgan fingerprint density at radius 1 is 1.00 bits per heavy atom. The predicted molar refractivity (Wildman–Crippen MR) is 64.4 cm³/mol. The topological polar surface area (TPSA) is 35.6 Å². The molecule has 0 spiro atoms. The summed E-state index contributed by atoms with van der Waals surface area (Å²) < 4.78 is 0. The molecule has 2 heterocycles. The van der Waals surface area contributed by atoms with Gasteiger partial charge in [-0.15, -0.1) is 0 Å². The van der Waals surface area contributed by atoms with Gasteiger partial charge in [0.25, 0.3) is 0 Å². The maximum absolute atomic E-state index is 11.9. The second-order valence-electron chi connectivity index (χ2n) is 4.78. The van der Waals surface area contributed by atoms with E-state index in [0.717, 1.165) is 32.7 Å². The highest BCUT2D eigenvalue weighted by Crippen LogP contribution is 2.09. The summed E-state index contributed by atoms with van der Waals surface area (Å²) in [6, 6.07) is 0.